The zero-order valence-electron chi connectivity index (χ0n) is 16.4. The van der Waals surface area contributed by atoms with E-state index < -0.39 is 19.8 Å². The van der Waals surface area contributed by atoms with Gasteiger partial charge in [0.2, 0.25) is 0 Å². The zero-order valence-corrected chi connectivity index (χ0v) is 18.6. The molecular formula is C23H33I. The Morgan fingerprint density at radius 1 is 0.625 bits per heavy atom. The maximum atomic E-state index is 2.46. The number of alkyl halides is 1. The molecule has 0 aliphatic carbocycles. The Hall–Kier alpha value is -0.830. The van der Waals surface area contributed by atoms with Gasteiger partial charge in [0, 0.05) is 0 Å². The van der Waals surface area contributed by atoms with Crippen LogP contribution in [0.5, 0.6) is 0 Å². The van der Waals surface area contributed by atoms with Crippen LogP contribution >= 0.6 is 19.8 Å². The van der Waals surface area contributed by atoms with Crippen LogP contribution in [0.25, 0.3) is 0 Å². The molecule has 0 aromatic heterocycles. The molecule has 0 radical (unpaired) electrons. The normalized spacial score (nSPS) is 13.0. The van der Waals surface area contributed by atoms with Gasteiger partial charge in [-0.3, -0.25) is 0 Å². The Kier molecular flexibility index (Phi) is 6.17. The molecule has 2 aromatic carbocycles. The summed E-state index contributed by atoms with van der Waals surface area (Å²) in [6.07, 6.45) is 2.35. The standard InChI is InChI=1S/C23H33I/c1-8-22(3,4)18-10-14-20(15-11-18)24(7)21-16-12-19(13-17-21)23(5,6)9-2/h10-17H,8-9H2,1-7H3. The van der Waals surface area contributed by atoms with Crippen LogP contribution in [0.3, 0.4) is 0 Å². The number of benzene rings is 2. The molecule has 0 nitrogen and oxygen atoms in total. The molecule has 0 saturated heterocycles. The Morgan fingerprint density at radius 3 is 1.17 bits per heavy atom. The Morgan fingerprint density at radius 2 is 0.917 bits per heavy atom. The van der Waals surface area contributed by atoms with Crippen molar-refractivity contribution in [3.8, 4) is 0 Å². The topological polar surface area (TPSA) is 0 Å². The fourth-order valence-electron chi connectivity index (χ4n) is 2.71. The molecule has 0 spiro atoms. The molecule has 0 bridgehead atoms. The molecular weight excluding hydrogens is 403 g/mol. The zero-order chi connectivity index (χ0) is 18.0. The molecule has 0 aliphatic rings. The van der Waals surface area contributed by atoms with Gasteiger partial charge in [0.15, 0.2) is 0 Å². The molecule has 0 heterocycles. The van der Waals surface area contributed by atoms with E-state index in [2.05, 4.69) is 95.0 Å². The van der Waals surface area contributed by atoms with E-state index in [1.807, 2.05) is 0 Å². The molecule has 0 N–H and O–H groups in total. The average molecular weight is 436 g/mol. The van der Waals surface area contributed by atoms with Crippen LogP contribution in [0.15, 0.2) is 48.5 Å². The number of hydrogen-bond donors (Lipinski definition) is 0. The van der Waals surface area contributed by atoms with E-state index >= 15 is 0 Å². The van der Waals surface area contributed by atoms with Crippen molar-refractivity contribution in [1.29, 1.82) is 0 Å². The van der Waals surface area contributed by atoms with Gasteiger partial charge in [-0.15, -0.1) is 0 Å². The van der Waals surface area contributed by atoms with E-state index in [0.29, 0.717) is 0 Å². The van der Waals surface area contributed by atoms with Gasteiger partial charge in [0.1, 0.15) is 0 Å². The molecule has 24 heavy (non-hydrogen) atoms. The van der Waals surface area contributed by atoms with Gasteiger partial charge >= 0.3 is 157 Å². The predicted octanol–water partition coefficient (Wildman–Crippen LogP) is 7.24. The monoisotopic (exact) mass is 436 g/mol. The van der Waals surface area contributed by atoms with Crippen molar-refractivity contribution >= 4 is 19.8 Å². The van der Waals surface area contributed by atoms with Crippen molar-refractivity contribution < 1.29 is 0 Å². The van der Waals surface area contributed by atoms with Gasteiger partial charge in [-0.2, -0.15) is 0 Å². The van der Waals surface area contributed by atoms with Crippen molar-refractivity contribution in [3.05, 3.63) is 66.8 Å². The third-order valence-corrected chi connectivity index (χ3v) is 10.8. The third-order valence-electron chi connectivity index (χ3n) is 5.67. The summed E-state index contributed by atoms with van der Waals surface area (Å²) >= 11 is -1.28. The summed E-state index contributed by atoms with van der Waals surface area (Å²) in [6, 6.07) is 18.9. The summed E-state index contributed by atoms with van der Waals surface area (Å²) in [5.74, 6) is 0. The molecule has 0 saturated carbocycles. The first-order valence-electron chi connectivity index (χ1n) is 9.02. The summed E-state index contributed by atoms with van der Waals surface area (Å²) in [5.41, 5.74) is 3.47. The Labute approximate surface area is 156 Å². The van der Waals surface area contributed by atoms with Crippen molar-refractivity contribution in [2.45, 2.75) is 65.2 Å². The Bertz CT molecular complexity index is 588. The van der Waals surface area contributed by atoms with E-state index in [0.717, 1.165) is 0 Å². The maximum absolute atomic E-state index is 2.46. The van der Waals surface area contributed by atoms with E-state index in [-0.39, 0.29) is 10.8 Å². The van der Waals surface area contributed by atoms with E-state index in [4.69, 9.17) is 0 Å². The van der Waals surface area contributed by atoms with E-state index in [1.54, 1.807) is 7.14 Å². The van der Waals surface area contributed by atoms with Crippen LogP contribution < -0.4 is 0 Å². The van der Waals surface area contributed by atoms with E-state index in [9.17, 15) is 0 Å². The molecule has 132 valence electrons. The van der Waals surface area contributed by atoms with Crippen molar-refractivity contribution in [1.82, 2.24) is 0 Å². The van der Waals surface area contributed by atoms with Gasteiger partial charge in [-0.1, -0.05) is 0 Å². The first-order chi connectivity index (χ1) is 11.2. The molecule has 0 atom stereocenters. The summed E-state index contributed by atoms with van der Waals surface area (Å²) in [5, 5.41) is 0. The molecule has 2 aromatic rings. The minimum absolute atomic E-state index is 0.276. The molecule has 0 unspecified atom stereocenters. The van der Waals surface area contributed by atoms with Gasteiger partial charge in [0.25, 0.3) is 0 Å². The summed E-state index contributed by atoms with van der Waals surface area (Å²) in [4.78, 5) is 2.46. The van der Waals surface area contributed by atoms with Crippen LogP contribution in [-0.2, 0) is 10.8 Å². The van der Waals surface area contributed by atoms with Gasteiger partial charge < -0.3 is 0 Å². The fraction of sp³-hybridized carbons (Fsp3) is 0.478. The second kappa shape index (κ2) is 7.59. The van der Waals surface area contributed by atoms with Crippen molar-refractivity contribution in [2.24, 2.45) is 0 Å². The molecule has 1 heteroatoms. The predicted molar refractivity (Wildman–Crippen MR) is 117 cm³/mol. The first-order valence-corrected chi connectivity index (χ1v) is 13.3. The van der Waals surface area contributed by atoms with Crippen LogP contribution in [0.4, 0.5) is 0 Å². The first kappa shape index (κ1) is 19.5. The van der Waals surface area contributed by atoms with Gasteiger partial charge in [-0.05, 0) is 0 Å². The van der Waals surface area contributed by atoms with Crippen molar-refractivity contribution in [3.63, 3.8) is 0 Å². The molecule has 2 rings (SSSR count). The summed E-state index contributed by atoms with van der Waals surface area (Å²) in [6.45, 7) is 13.9. The van der Waals surface area contributed by atoms with Crippen LogP contribution in [0, 0.1) is 7.14 Å². The van der Waals surface area contributed by atoms with Gasteiger partial charge in [0.05, 0.1) is 0 Å². The molecule has 0 amide bonds. The average Bonchev–Trinajstić information content (AvgIpc) is 2.61. The minimum atomic E-state index is -1.28. The second-order valence-electron chi connectivity index (χ2n) is 7.96. The van der Waals surface area contributed by atoms with Gasteiger partial charge in [-0.25, -0.2) is 0 Å². The fourth-order valence-corrected chi connectivity index (χ4v) is 6.31. The number of hydrogen-bond acceptors (Lipinski definition) is 0. The molecule has 0 fully saturated rings. The van der Waals surface area contributed by atoms with Crippen LogP contribution in [0.2, 0.25) is 0 Å². The SMILES string of the molecule is CCC(C)(C)c1ccc(I(C)c2ccc(C(C)(C)CC)cc2)cc1. The van der Waals surface area contributed by atoms with Crippen LogP contribution in [0.1, 0.15) is 65.5 Å². The number of halogens is 1. The second-order valence-corrected chi connectivity index (χ2v) is 13.1. The third kappa shape index (κ3) is 4.22. The Balaban J connectivity index is 2.21. The summed E-state index contributed by atoms with van der Waals surface area (Å²) in [7, 11) is 0. The van der Waals surface area contributed by atoms with E-state index in [1.165, 1.54) is 24.0 Å². The summed E-state index contributed by atoms with van der Waals surface area (Å²) < 4.78 is 3.11. The van der Waals surface area contributed by atoms with Crippen molar-refractivity contribution in [2.75, 3.05) is 4.93 Å². The number of rotatable bonds is 6. The molecule has 0 aliphatic heterocycles. The quantitative estimate of drug-likeness (QED) is 0.331. The van der Waals surface area contributed by atoms with Crippen LogP contribution in [-0.4, -0.2) is 4.93 Å².